The number of benzene rings is 1. The molecule has 4 rings (SSSR count). The van der Waals surface area contributed by atoms with E-state index in [1.165, 1.54) is 6.07 Å². The van der Waals surface area contributed by atoms with Crippen LogP contribution in [0.3, 0.4) is 0 Å². The standard InChI is InChI=1S/C26H40N6O3/c1-5-27-26(35)25-29-28-24(21-15-20(17(3)4)22(33)16-23(21)34)32(25)19-9-7-18(8-10-19)31-13-11-30(6-2)12-14-31/h15-19,33-34H,5-14H2,1-4H3,(H,27,35). The molecule has 192 valence electrons. The number of phenolic OH excluding ortho intramolecular Hbond substituents is 2. The monoisotopic (exact) mass is 484 g/mol. The number of carbonyl (C=O) groups excluding carboxylic acids is 1. The third kappa shape index (κ3) is 5.30. The van der Waals surface area contributed by atoms with Gasteiger partial charge in [0.25, 0.3) is 5.91 Å². The van der Waals surface area contributed by atoms with Crippen LogP contribution < -0.4 is 5.32 Å². The molecular formula is C26H40N6O3. The highest BCUT2D eigenvalue weighted by molar-refractivity contribution is 5.91. The maximum Gasteiger partial charge on any atom is 0.289 e. The van der Waals surface area contributed by atoms with Crippen LogP contribution in [0.5, 0.6) is 11.5 Å². The number of phenols is 2. The van der Waals surface area contributed by atoms with E-state index in [1.807, 2.05) is 25.3 Å². The van der Waals surface area contributed by atoms with E-state index in [-0.39, 0.29) is 35.2 Å². The maximum atomic E-state index is 12.9. The topological polar surface area (TPSA) is 107 Å². The molecule has 2 aliphatic rings. The molecule has 9 nitrogen and oxygen atoms in total. The zero-order valence-electron chi connectivity index (χ0n) is 21.5. The summed E-state index contributed by atoms with van der Waals surface area (Å²) in [4.78, 5) is 18.0. The van der Waals surface area contributed by atoms with Gasteiger partial charge in [-0.25, -0.2) is 0 Å². The third-order valence-electron chi connectivity index (χ3n) is 7.65. The molecule has 1 amide bonds. The molecule has 0 radical (unpaired) electrons. The largest absolute Gasteiger partial charge is 0.508 e. The van der Waals surface area contributed by atoms with E-state index < -0.39 is 0 Å². The molecule has 0 unspecified atom stereocenters. The van der Waals surface area contributed by atoms with Gasteiger partial charge >= 0.3 is 0 Å². The number of nitrogens with zero attached hydrogens (tertiary/aromatic N) is 5. The van der Waals surface area contributed by atoms with E-state index in [0.29, 0.717) is 24.0 Å². The highest BCUT2D eigenvalue weighted by Crippen LogP contribution is 2.40. The number of aromatic nitrogens is 3. The van der Waals surface area contributed by atoms with Crippen molar-refractivity contribution in [2.75, 3.05) is 39.3 Å². The summed E-state index contributed by atoms with van der Waals surface area (Å²) in [6.07, 6.45) is 3.96. The SMILES string of the molecule is CCNC(=O)c1nnc(-c2cc(C(C)C)c(O)cc2O)n1C1CCC(N2CCN(CC)CC2)CC1. The lowest BCUT2D eigenvalue weighted by molar-refractivity contribution is 0.0732. The van der Waals surface area contributed by atoms with E-state index in [1.54, 1.807) is 6.07 Å². The molecule has 1 saturated carbocycles. The van der Waals surface area contributed by atoms with Crippen molar-refractivity contribution >= 4 is 5.91 Å². The molecule has 2 aromatic rings. The summed E-state index contributed by atoms with van der Waals surface area (Å²) >= 11 is 0. The molecule has 0 atom stereocenters. The van der Waals surface area contributed by atoms with Gasteiger partial charge in [0.2, 0.25) is 5.82 Å². The molecular weight excluding hydrogens is 444 g/mol. The lowest BCUT2D eigenvalue weighted by atomic mass is 9.89. The van der Waals surface area contributed by atoms with Crippen molar-refractivity contribution in [1.82, 2.24) is 29.9 Å². The van der Waals surface area contributed by atoms with Crippen LogP contribution in [0.15, 0.2) is 12.1 Å². The molecule has 3 N–H and O–H groups in total. The number of amides is 1. The Kier molecular flexibility index (Phi) is 7.96. The van der Waals surface area contributed by atoms with Crippen molar-refractivity contribution in [3.8, 4) is 22.9 Å². The van der Waals surface area contributed by atoms with Crippen LogP contribution in [0, 0.1) is 0 Å². The summed E-state index contributed by atoms with van der Waals surface area (Å²) < 4.78 is 1.92. The van der Waals surface area contributed by atoms with Gasteiger partial charge in [-0.05, 0) is 56.7 Å². The molecule has 0 bridgehead atoms. The van der Waals surface area contributed by atoms with Gasteiger partial charge in [0.05, 0.1) is 5.56 Å². The average molecular weight is 485 g/mol. The predicted molar refractivity (Wildman–Crippen MR) is 136 cm³/mol. The number of piperazine rings is 1. The highest BCUT2D eigenvalue weighted by Gasteiger charge is 2.33. The zero-order valence-corrected chi connectivity index (χ0v) is 21.5. The van der Waals surface area contributed by atoms with Crippen molar-refractivity contribution in [3.05, 3.63) is 23.5 Å². The molecule has 1 aromatic heterocycles. The minimum Gasteiger partial charge on any atom is -0.508 e. The second kappa shape index (κ2) is 11.0. The van der Waals surface area contributed by atoms with Gasteiger partial charge in [0.15, 0.2) is 5.82 Å². The summed E-state index contributed by atoms with van der Waals surface area (Å²) in [5.41, 5.74) is 1.22. The summed E-state index contributed by atoms with van der Waals surface area (Å²) in [5.74, 6) is 0.556. The minimum atomic E-state index is -0.258. The predicted octanol–water partition coefficient (Wildman–Crippen LogP) is 3.35. The number of aromatic hydroxyl groups is 2. The first kappa shape index (κ1) is 25.4. The molecule has 35 heavy (non-hydrogen) atoms. The molecule has 1 aliphatic carbocycles. The Morgan fingerprint density at radius 1 is 1.00 bits per heavy atom. The van der Waals surface area contributed by atoms with Gasteiger partial charge in [0, 0.05) is 50.9 Å². The Hall–Kier alpha value is -2.65. The number of hydrogen-bond donors (Lipinski definition) is 3. The quantitative estimate of drug-likeness (QED) is 0.553. The van der Waals surface area contributed by atoms with Crippen LogP contribution in [0.4, 0.5) is 0 Å². The number of nitrogens with one attached hydrogen (secondary N) is 1. The highest BCUT2D eigenvalue weighted by atomic mass is 16.3. The van der Waals surface area contributed by atoms with Crippen molar-refractivity contribution in [1.29, 1.82) is 0 Å². The van der Waals surface area contributed by atoms with Gasteiger partial charge in [-0.2, -0.15) is 0 Å². The minimum absolute atomic E-state index is 0.0555. The van der Waals surface area contributed by atoms with Crippen LogP contribution in [0.2, 0.25) is 0 Å². The van der Waals surface area contributed by atoms with Crippen LogP contribution in [-0.4, -0.2) is 86.0 Å². The van der Waals surface area contributed by atoms with Gasteiger partial charge in [0.1, 0.15) is 11.5 Å². The number of hydrogen-bond acceptors (Lipinski definition) is 7. The molecule has 9 heteroatoms. The summed E-state index contributed by atoms with van der Waals surface area (Å²) in [5, 5.41) is 32.5. The van der Waals surface area contributed by atoms with Gasteiger partial charge < -0.3 is 20.4 Å². The van der Waals surface area contributed by atoms with E-state index in [2.05, 4.69) is 32.2 Å². The summed E-state index contributed by atoms with van der Waals surface area (Å²) in [7, 11) is 0. The fourth-order valence-corrected chi connectivity index (χ4v) is 5.58. The molecule has 0 spiro atoms. The van der Waals surface area contributed by atoms with Crippen LogP contribution in [0.1, 0.15) is 81.5 Å². The van der Waals surface area contributed by atoms with Gasteiger partial charge in [-0.15, -0.1) is 10.2 Å². The van der Waals surface area contributed by atoms with E-state index in [9.17, 15) is 15.0 Å². The molecule has 2 heterocycles. The Morgan fingerprint density at radius 2 is 1.66 bits per heavy atom. The Morgan fingerprint density at radius 3 is 2.26 bits per heavy atom. The molecule has 1 aliphatic heterocycles. The summed E-state index contributed by atoms with van der Waals surface area (Å²) in [6.45, 7) is 14.2. The number of likely N-dealkylation sites (N-methyl/N-ethyl adjacent to an activating group) is 1. The number of carbonyl (C=O) groups is 1. The maximum absolute atomic E-state index is 12.9. The Bertz CT molecular complexity index is 1020. The first-order valence-electron chi connectivity index (χ1n) is 13.1. The van der Waals surface area contributed by atoms with Crippen LogP contribution in [-0.2, 0) is 0 Å². The van der Waals surface area contributed by atoms with Gasteiger partial charge in [-0.3, -0.25) is 14.3 Å². The molecule has 1 aromatic carbocycles. The first-order chi connectivity index (χ1) is 16.8. The van der Waals surface area contributed by atoms with E-state index in [4.69, 9.17) is 0 Å². The van der Waals surface area contributed by atoms with Crippen molar-refractivity contribution in [3.63, 3.8) is 0 Å². The number of rotatable bonds is 7. The van der Waals surface area contributed by atoms with Gasteiger partial charge in [-0.1, -0.05) is 20.8 Å². The third-order valence-corrected chi connectivity index (χ3v) is 7.65. The van der Waals surface area contributed by atoms with Crippen LogP contribution in [0.25, 0.3) is 11.4 Å². The lowest BCUT2D eigenvalue weighted by Gasteiger charge is -2.42. The average Bonchev–Trinajstić information content (AvgIpc) is 3.29. The van der Waals surface area contributed by atoms with Crippen molar-refractivity contribution < 1.29 is 15.0 Å². The normalized spacial score (nSPS) is 22.0. The molecule has 1 saturated heterocycles. The fraction of sp³-hybridized carbons (Fsp3) is 0.654. The Balaban J connectivity index is 1.62. The van der Waals surface area contributed by atoms with Crippen LogP contribution >= 0.6 is 0 Å². The van der Waals surface area contributed by atoms with E-state index in [0.717, 1.165) is 64.0 Å². The van der Waals surface area contributed by atoms with Crippen molar-refractivity contribution in [2.45, 2.75) is 71.4 Å². The Labute approximate surface area is 208 Å². The summed E-state index contributed by atoms with van der Waals surface area (Å²) in [6, 6.07) is 3.77. The first-order valence-corrected chi connectivity index (χ1v) is 13.1. The molecule has 2 fully saturated rings. The zero-order chi connectivity index (χ0) is 25.1. The second-order valence-corrected chi connectivity index (χ2v) is 10.1. The second-order valence-electron chi connectivity index (χ2n) is 10.1. The lowest BCUT2D eigenvalue weighted by Crippen LogP contribution is -2.51. The van der Waals surface area contributed by atoms with Crippen molar-refractivity contribution in [2.24, 2.45) is 0 Å². The van der Waals surface area contributed by atoms with E-state index >= 15 is 0 Å². The fourth-order valence-electron chi connectivity index (χ4n) is 5.58. The smallest absolute Gasteiger partial charge is 0.289 e.